The minimum Gasteiger partial charge on any atom is -0.309 e. The molecule has 1 atom stereocenters. The van der Waals surface area contributed by atoms with Crippen LogP contribution in [0.15, 0.2) is 30.7 Å². The molecule has 0 radical (unpaired) electrons. The molecule has 1 unspecified atom stereocenters. The van der Waals surface area contributed by atoms with Crippen molar-refractivity contribution in [3.05, 3.63) is 46.2 Å². The fraction of sp³-hybridized carbons (Fsp3) is 0.273. The van der Waals surface area contributed by atoms with Crippen molar-refractivity contribution < 1.29 is 13.2 Å². The summed E-state index contributed by atoms with van der Waals surface area (Å²) in [6.45, 7) is 0. The van der Waals surface area contributed by atoms with Crippen molar-refractivity contribution in [1.29, 1.82) is 0 Å². The predicted molar refractivity (Wildman–Crippen MR) is 62.3 cm³/mol. The van der Waals surface area contributed by atoms with E-state index in [4.69, 9.17) is 0 Å². The Kier molecular flexibility index (Phi) is 3.63. The van der Waals surface area contributed by atoms with Gasteiger partial charge in [0.15, 0.2) is 5.01 Å². The molecule has 0 bridgehead atoms. The lowest BCUT2D eigenvalue weighted by Gasteiger charge is -2.13. The SMILES string of the molecule is CNC(c1ccncc1)c1cnc(C(F)(F)F)s1. The molecule has 0 aliphatic heterocycles. The largest absolute Gasteiger partial charge is 0.443 e. The molecule has 0 fully saturated rings. The van der Waals surface area contributed by atoms with Crippen LogP contribution in [-0.2, 0) is 6.18 Å². The second kappa shape index (κ2) is 5.03. The summed E-state index contributed by atoms with van der Waals surface area (Å²) in [6.07, 6.45) is 0.0747. The van der Waals surface area contributed by atoms with Crippen LogP contribution in [-0.4, -0.2) is 17.0 Å². The van der Waals surface area contributed by atoms with Gasteiger partial charge in [-0.25, -0.2) is 4.98 Å². The maximum atomic E-state index is 12.5. The molecule has 2 aromatic rings. The Morgan fingerprint density at radius 1 is 1.28 bits per heavy atom. The van der Waals surface area contributed by atoms with Crippen LogP contribution in [0.5, 0.6) is 0 Å². The van der Waals surface area contributed by atoms with E-state index in [1.165, 1.54) is 6.20 Å². The number of alkyl halides is 3. The molecule has 2 heterocycles. The minimum atomic E-state index is -4.39. The summed E-state index contributed by atoms with van der Waals surface area (Å²) >= 11 is 0.648. The molecule has 96 valence electrons. The number of hydrogen-bond acceptors (Lipinski definition) is 4. The second-order valence-corrected chi connectivity index (χ2v) is 4.63. The molecule has 7 heteroatoms. The highest BCUT2D eigenvalue weighted by molar-refractivity contribution is 7.11. The third-order valence-electron chi connectivity index (χ3n) is 2.38. The molecule has 0 amide bonds. The molecular weight excluding hydrogens is 263 g/mol. The minimum absolute atomic E-state index is 0.304. The summed E-state index contributed by atoms with van der Waals surface area (Å²) in [5, 5.41) is 2.15. The van der Waals surface area contributed by atoms with Gasteiger partial charge in [-0.05, 0) is 24.7 Å². The van der Waals surface area contributed by atoms with Crippen molar-refractivity contribution in [2.75, 3.05) is 7.05 Å². The summed E-state index contributed by atoms with van der Waals surface area (Å²) in [7, 11) is 1.69. The first-order chi connectivity index (χ1) is 8.52. The summed E-state index contributed by atoms with van der Waals surface area (Å²) in [4.78, 5) is 7.82. The summed E-state index contributed by atoms with van der Waals surface area (Å²) in [5.41, 5.74) is 0.852. The van der Waals surface area contributed by atoms with Gasteiger partial charge in [-0.2, -0.15) is 13.2 Å². The fourth-order valence-corrected chi connectivity index (χ4v) is 2.50. The number of rotatable bonds is 3. The zero-order valence-electron chi connectivity index (χ0n) is 9.40. The highest BCUT2D eigenvalue weighted by atomic mass is 32.1. The van der Waals surface area contributed by atoms with Gasteiger partial charge in [0.25, 0.3) is 0 Å². The number of thiazole rings is 1. The maximum absolute atomic E-state index is 12.5. The zero-order chi connectivity index (χ0) is 13.2. The third-order valence-corrected chi connectivity index (χ3v) is 3.49. The smallest absolute Gasteiger partial charge is 0.309 e. The number of pyridine rings is 1. The molecule has 0 aliphatic rings. The molecule has 0 spiro atoms. The molecule has 0 aliphatic carbocycles. The van der Waals surface area contributed by atoms with Crippen molar-refractivity contribution in [2.45, 2.75) is 12.2 Å². The van der Waals surface area contributed by atoms with Crippen LogP contribution in [0.4, 0.5) is 13.2 Å². The Morgan fingerprint density at radius 2 is 1.94 bits per heavy atom. The summed E-state index contributed by atoms with van der Waals surface area (Å²) in [6, 6.07) is 3.21. The van der Waals surface area contributed by atoms with Crippen LogP contribution in [0.1, 0.15) is 21.5 Å². The monoisotopic (exact) mass is 273 g/mol. The van der Waals surface area contributed by atoms with Gasteiger partial charge in [-0.1, -0.05) is 0 Å². The van der Waals surface area contributed by atoms with Crippen molar-refractivity contribution in [1.82, 2.24) is 15.3 Å². The molecule has 1 N–H and O–H groups in total. The Balaban J connectivity index is 2.32. The van der Waals surface area contributed by atoms with Gasteiger partial charge >= 0.3 is 6.18 Å². The molecule has 3 nitrogen and oxygen atoms in total. The molecule has 18 heavy (non-hydrogen) atoms. The quantitative estimate of drug-likeness (QED) is 0.934. The first-order valence-electron chi connectivity index (χ1n) is 5.12. The first kappa shape index (κ1) is 13.0. The topological polar surface area (TPSA) is 37.8 Å². The third kappa shape index (κ3) is 2.68. The van der Waals surface area contributed by atoms with Crippen molar-refractivity contribution >= 4 is 11.3 Å². The van der Waals surface area contributed by atoms with Crippen LogP contribution < -0.4 is 5.32 Å². The number of aromatic nitrogens is 2. The number of nitrogens with zero attached hydrogens (tertiary/aromatic N) is 2. The number of halogens is 3. The van der Waals surface area contributed by atoms with Crippen molar-refractivity contribution in [3.63, 3.8) is 0 Å². The first-order valence-corrected chi connectivity index (χ1v) is 5.94. The van der Waals surface area contributed by atoms with E-state index in [9.17, 15) is 13.2 Å². The van der Waals surface area contributed by atoms with Crippen molar-refractivity contribution in [3.8, 4) is 0 Å². The molecule has 0 aromatic carbocycles. The molecule has 2 aromatic heterocycles. The van der Waals surface area contributed by atoms with E-state index in [2.05, 4.69) is 15.3 Å². The van der Waals surface area contributed by atoms with Gasteiger partial charge in [0.1, 0.15) is 0 Å². The van der Waals surface area contributed by atoms with Crippen molar-refractivity contribution in [2.24, 2.45) is 0 Å². The van der Waals surface area contributed by atoms with Gasteiger partial charge in [-0.3, -0.25) is 4.98 Å². The lowest BCUT2D eigenvalue weighted by Crippen LogP contribution is -2.16. The Morgan fingerprint density at radius 3 is 2.44 bits per heavy atom. The average Bonchev–Trinajstić information content (AvgIpc) is 2.81. The molecule has 0 saturated carbocycles. The fourth-order valence-electron chi connectivity index (χ4n) is 1.58. The van der Waals surface area contributed by atoms with Crippen LogP contribution in [0, 0.1) is 0 Å². The standard InChI is InChI=1S/C11H10F3N3S/c1-15-9(7-2-4-16-5-3-7)8-6-17-10(18-8)11(12,13)14/h2-6,9,15H,1H3. The van der Waals surface area contributed by atoms with E-state index in [1.54, 1.807) is 31.6 Å². The van der Waals surface area contributed by atoms with Crippen LogP contribution in [0.25, 0.3) is 0 Å². The van der Waals surface area contributed by atoms with E-state index in [1.807, 2.05) is 0 Å². The van der Waals surface area contributed by atoms with E-state index in [0.717, 1.165) is 5.56 Å². The zero-order valence-corrected chi connectivity index (χ0v) is 10.2. The highest BCUT2D eigenvalue weighted by Gasteiger charge is 2.35. The van der Waals surface area contributed by atoms with Gasteiger partial charge in [-0.15, -0.1) is 11.3 Å². The Hall–Kier alpha value is -1.47. The van der Waals surface area contributed by atoms with Gasteiger partial charge < -0.3 is 5.32 Å². The second-order valence-electron chi connectivity index (χ2n) is 3.57. The van der Waals surface area contributed by atoms with E-state index >= 15 is 0 Å². The van der Waals surface area contributed by atoms with Crippen LogP contribution in [0.2, 0.25) is 0 Å². The van der Waals surface area contributed by atoms with E-state index in [0.29, 0.717) is 16.2 Å². The summed E-state index contributed by atoms with van der Waals surface area (Å²) < 4.78 is 37.5. The lowest BCUT2D eigenvalue weighted by molar-refractivity contribution is -0.137. The summed E-state index contributed by atoms with van der Waals surface area (Å²) in [5.74, 6) is 0. The normalized spacial score (nSPS) is 13.6. The van der Waals surface area contributed by atoms with E-state index in [-0.39, 0.29) is 6.04 Å². The van der Waals surface area contributed by atoms with E-state index < -0.39 is 11.2 Å². The average molecular weight is 273 g/mol. The molecule has 2 rings (SSSR count). The number of hydrogen-bond donors (Lipinski definition) is 1. The predicted octanol–water partition coefficient (Wildman–Crippen LogP) is 2.87. The Labute approximate surface area is 106 Å². The lowest BCUT2D eigenvalue weighted by atomic mass is 10.1. The van der Waals surface area contributed by atoms with Crippen LogP contribution >= 0.6 is 11.3 Å². The Bertz CT molecular complexity index is 510. The van der Waals surface area contributed by atoms with Gasteiger partial charge in [0.05, 0.1) is 6.04 Å². The molecule has 0 saturated heterocycles. The highest BCUT2D eigenvalue weighted by Crippen LogP contribution is 2.35. The molecular formula is C11H10F3N3S. The van der Waals surface area contributed by atoms with Gasteiger partial charge in [0, 0.05) is 23.5 Å². The maximum Gasteiger partial charge on any atom is 0.443 e. The van der Waals surface area contributed by atoms with Gasteiger partial charge in [0.2, 0.25) is 0 Å². The number of nitrogens with one attached hydrogen (secondary N) is 1. The van der Waals surface area contributed by atoms with Crippen LogP contribution in [0.3, 0.4) is 0 Å².